The minimum Gasteiger partial charge on any atom is -0.492 e. The molecule has 0 saturated heterocycles. The smallest absolute Gasteiger partial charge is 0.141 e. The molecule has 0 fully saturated rings. The topological polar surface area (TPSA) is 34.1 Å². The van der Waals surface area contributed by atoms with E-state index in [1.54, 1.807) is 6.20 Å². The van der Waals surface area contributed by atoms with E-state index in [-0.39, 0.29) is 17.9 Å². The van der Waals surface area contributed by atoms with Gasteiger partial charge >= 0.3 is 0 Å². The van der Waals surface area contributed by atoms with Crippen molar-refractivity contribution in [2.75, 3.05) is 6.61 Å². The molecule has 2 unspecified atom stereocenters. The van der Waals surface area contributed by atoms with Gasteiger partial charge in [-0.1, -0.05) is 17.7 Å². The van der Waals surface area contributed by atoms with Crippen LogP contribution in [0.4, 0.5) is 4.39 Å². The molecule has 0 aliphatic heterocycles. The number of halogens is 1. The van der Waals surface area contributed by atoms with E-state index in [1.807, 2.05) is 45.0 Å². The van der Waals surface area contributed by atoms with Crippen molar-refractivity contribution in [2.24, 2.45) is 0 Å². The molecule has 2 atom stereocenters. The van der Waals surface area contributed by atoms with Crippen molar-refractivity contribution in [3.05, 3.63) is 59.7 Å². The standard InChI is InChI=1S/C17H21FN2O/c1-12-4-6-17(7-5-12)21-11-13(2)20-14(3)15-8-16(18)10-19-9-15/h4-10,13-14,20H,11H2,1-3H3. The number of benzene rings is 1. The van der Waals surface area contributed by atoms with E-state index in [2.05, 4.69) is 10.3 Å². The quantitative estimate of drug-likeness (QED) is 0.881. The Morgan fingerprint density at radius 2 is 1.90 bits per heavy atom. The van der Waals surface area contributed by atoms with Gasteiger partial charge in [0.15, 0.2) is 0 Å². The highest BCUT2D eigenvalue weighted by Crippen LogP contribution is 2.14. The predicted molar refractivity (Wildman–Crippen MR) is 81.9 cm³/mol. The fourth-order valence-corrected chi connectivity index (χ4v) is 2.09. The van der Waals surface area contributed by atoms with Gasteiger partial charge < -0.3 is 10.1 Å². The summed E-state index contributed by atoms with van der Waals surface area (Å²) >= 11 is 0. The molecule has 112 valence electrons. The molecule has 1 heterocycles. The normalized spacial score (nSPS) is 13.7. The summed E-state index contributed by atoms with van der Waals surface area (Å²) in [6.45, 7) is 6.62. The average molecular weight is 288 g/mol. The molecule has 0 aliphatic rings. The van der Waals surface area contributed by atoms with E-state index in [4.69, 9.17) is 4.74 Å². The highest BCUT2D eigenvalue weighted by Gasteiger charge is 2.11. The molecule has 1 aromatic carbocycles. The molecule has 21 heavy (non-hydrogen) atoms. The van der Waals surface area contributed by atoms with Crippen molar-refractivity contribution in [1.82, 2.24) is 10.3 Å². The second-order valence-electron chi connectivity index (χ2n) is 5.35. The van der Waals surface area contributed by atoms with Crippen LogP contribution in [0.25, 0.3) is 0 Å². The monoisotopic (exact) mass is 288 g/mol. The van der Waals surface area contributed by atoms with Gasteiger partial charge in [0.05, 0.1) is 6.20 Å². The van der Waals surface area contributed by atoms with E-state index in [9.17, 15) is 4.39 Å². The minimum atomic E-state index is -0.315. The van der Waals surface area contributed by atoms with Gasteiger partial charge in [-0.2, -0.15) is 0 Å². The summed E-state index contributed by atoms with van der Waals surface area (Å²) in [6.07, 6.45) is 2.88. The van der Waals surface area contributed by atoms with Gasteiger partial charge in [0.1, 0.15) is 18.2 Å². The molecular formula is C17H21FN2O. The maximum Gasteiger partial charge on any atom is 0.141 e. The van der Waals surface area contributed by atoms with E-state index in [0.29, 0.717) is 6.61 Å². The Hall–Kier alpha value is -1.94. The molecule has 0 saturated carbocycles. The van der Waals surface area contributed by atoms with Crippen LogP contribution in [0.3, 0.4) is 0 Å². The second kappa shape index (κ2) is 7.18. The van der Waals surface area contributed by atoms with Gasteiger partial charge in [0.2, 0.25) is 0 Å². The lowest BCUT2D eigenvalue weighted by Gasteiger charge is -2.20. The van der Waals surface area contributed by atoms with Crippen LogP contribution in [-0.2, 0) is 0 Å². The number of nitrogens with one attached hydrogen (secondary N) is 1. The maximum atomic E-state index is 13.2. The SMILES string of the molecule is Cc1ccc(OCC(C)NC(C)c2cncc(F)c2)cc1. The highest BCUT2D eigenvalue weighted by molar-refractivity contribution is 5.26. The number of hydrogen-bond donors (Lipinski definition) is 1. The van der Waals surface area contributed by atoms with Crippen molar-refractivity contribution in [3.8, 4) is 5.75 Å². The Balaban J connectivity index is 1.83. The highest BCUT2D eigenvalue weighted by atomic mass is 19.1. The third-order valence-corrected chi connectivity index (χ3v) is 3.28. The van der Waals surface area contributed by atoms with Gasteiger partial charge in [-0.15, -0.1) is 0 Å². The molecule has 0 radical (unpaired) electrons. The van der Waals surface area contributed by atoms with Crippen molar-refractivity contribution >= 4 is 0 Å². The van der Waals surface area contributed by atoms with Crippen molar-refractivity contribution in [2.45, 2.75) is 32.9 Å². The summed E-state index contributed by atoms with van der Waals surface area (Å²) in [4.78, 5) is 3.87. The van der Waals surface area contributed by atoms with Crippen LogP contribution in [0.15, 0.2) is 42.7 Å². The molecule has 0 aliphatic carbocycles. The largest absolute Gasteiger partial charge is 0.492 e. The molecule has 0 amide bonds. The number of aromatic nitrogens is 1. The summed E-state index contributed by atoms with van der Waals surface area (Å²) < 4.78 is 18.9. The fourth-order valence-electron chi connectivity index (χ4n) is 2.09. The maximum absolute atomic E-state index is 13.2. The molecule has 3 nitrogen and oxygen atoms in total. The molecule has 4 heteroatoms. The molecule has 0 bridgehead atoms. The number of pyridine rings is 1. The lowest BCUT2D eigenvalue weighted by Crippen LogP contribution is -2.34. The number of ether oxygens (including phenoxy) is 1. The van der Waals surface area contributed by atoms with E-state index < -0.39 is 0 Å². The summed E-state index contributed by atoms with van der Waals surface area (Å²) in [6, 6.07) is 9.62. The first-order chi connectivity index (χ1) is 10.0. The lowest BCUT2D eigenvalue weighted by atomic mass is 10.1. The van der Waals surface area contributed by atoms with Crippen LogP contribution in [0.1, 0.15) is 31.0 Å². The van der Waals surface area contributed by atoms with Crippen LogP contribution < -0.4 is 10.1 Å². The van der Waals surface area contributed by atoms with Crippen LogP contribution in [0.5, 0.6) is 5.75 Å². The third kappa shape index (κ3) is 4.83. The molecule has 2 aromatic rings. The summed E-state index contributed by atoms with van der Waals surface area (Å²) in [5.74, 6) is 0.541. The number of rotatable bonds is 6. The van der Waals surface area contributed by atoms with Gasteiger partial charge in [-0.3, -0.25) is 4.98 Å². The van der Waals surface area contributed by atoms with E-state index >= 15 is 0 Å². The number of aryl methyl sites for hydroxylation is 1. The predicted octanol–water partition coefficient (Wildman–Crippen LogP) is 3.65. The zero-order valence-electron chi connectivity index (χ0n) is 12.6. The first-order valence-corrected chi connectivity index (χ1v) is 7.10. The van der Waals surface area contributed by atoms with Gasteiger partial charge in [0.25, 0.3) is 0 Å². The van der Waals surface area contributed by atoms with Crippen LogP contribution in [0, 0.1) is 12.7 Å². The fraction of sp³-hybridized carbons (Fsp3) is 0.353. The van der Waals surface area contributed by atoms with Crippen molar-refractivity contribution in [3.63, 3.8) is 0 Å². The van der Waals surface area contributed by atoms with Gasteiger partial charge in [-0.05, 0) is 44.5 Å². The van der Waals surface area contributed by atoms with Gasteiger partial charge in [0, 0.05) is 18.3 Å². The van der Waals surface area contributed by atoms with Crippen molar-refractivity contribution < 1.29 is 9.13 Å². The Morgan fingerprint density at radius 3 is 2.57 bits per heavy atom. The second-order valence-corrected chi connectivity index (χ2v) is 5.35. The first-order valence-electron chi connectivity index (χ1n) is 7.10. The zero-order valence-corrected chi connectivity index (χ0v) is 12.6. The Bertz CT molecular complexity index is 571. The summed E-state index contributed by atoms with van der Waals surface area (Å²) in [5, 5.41) is 3.37. The zero-order chi connectivity index (χ0) is 15.2. The number of nitrogens with zero attached hydrogens (tertiary/aromatic N) is 1. The molecule has 2 rings (SSSR count). The molecule has 1 aromatic heterocycles. The van der Waals surface area contributed by atoms with Crippen molar-refractivity contribution in [1.29, 1.82) is 0 Å². The number of hydrogen-bond acceptors (Lipinski definition) is 3. The summed E-state index contributed by atoms with van der Waals surface area (Å²) in [5.41, 5.74) is 2.04. The first kappa shape index (κ1) is 15.4. The lowest BCUT2D eigenvalue weighted by molar-refractivity contribution is 0.264. The average Bonchev–Trinajstić information content (AvgIpc) is 2.46. The minimum absolute atomic E-state index is 0.0183. The van der Waals surface area contributed by atoms with Crippen LogP contribution in [0.2, 0.25) is 0 Å². The molecule has 0 spiro atoms. The molecular weight excluding hydrogens is 267 g/mol. The molecule has 1 N–H and O–H groups in total. The van der Waals surface area contributed by atoms with Gasteiger partial charge in [-0.25, -0.2) is 4.39 Å². The van der Waals surface area contributed by atoms with E-state index in [0.717, 1.165) is 11.3 Å². The third-order valence-electron chi connectivity index (χ3n) is 3.28. The Labute approximate surface area is 125 Å². The Kier molecular flexibility index (Phi) is 5.28. The summed E-state index contributed by atoms with van der Waals surface area (Å²) in [7, 11) is 0. The van der Waals surface area contributed by atoms with Crippen LogP contribution >= 0.6 is 0 Å². The van der Waals surface area contributed by atoms with E-state index in [1.165, 1.54) is 17.8 Å². The Morgan fingerprint density at radius 1 is 1.19 bits per heavy atom. The van der Waals surface area contributed by atoms with Crippen LogP contribution in [-0.4, -0.2) is 17.6 Å².